The molecule has 0 atom stereocenters. The predicted octanol–water partition coefficient (Wildman–Crippen LogP) is 3.82. The van der Waals surface area contributed by atoms with Crippen LogP contribution in [0.25, 0.3) is 11.4 Å². The second-order valence-corrected chi connectivity index (χ2v) is 8.69. The fourth-order valence-corrected chi connectivity index (χ4v) is 4.03. The zero-order chi connectivity index (χ0) is 14.4. The van der Waals surface area contributed by atoms with Gasteiger partial charge in [-0.1, -0.05) is 23.2 Å². The van der Waals surface area contributed by atoms with Crippen molar-refractivity contribution in [2.45, 2.75) is 25.0 Å². The number of aromatic nitrogens is 3. The Labute approximate surface area is 128 Å². The zero-order valence-corrected chi connectivity index (χ0v) is 13.7. The maximum absolute atomic E-state index is 11.5. The molecule has 10 heteroatoms. The van der Waals surface area contributed by atoms with Crippen molar-refractivity contribution in [3.8, 4) is 11.4 Å². The third kappa shape index (κ3) is 2.90. The number of hydrogen-bond acceptors (Lipinski definition) is 5. The predicted molar refractivity (Wildman–Crippen MR) is 76.8 cm³/mol. The third-order valence-corrected chi connectivity index (χ3v) is 4.91. The topological polar surface area (TPSA) is 64.8 Å². The van der Waals surface area contributed by atoms with Crippen LogP contribution in [0.5, 0.6) is 0 Å². The summed E-state index contributed by atoms with van der Waals surface area (Å²) in [6.45, 7) is 3.58. The van der Waals surface area contributed by atoms with Crippen molar-refractivity contribution < 1.29 is 8.42 Å². The summed E-state index contributed by atoms with van der Waals surface area (Å²) in [4.78, 5) is 0. The van der Waals surface area contributed by atoms with Crippen LogP contribution in [-0.2, 0) is 9.05 Å². The minimum absolute atomic E-state index is 0.205. The summed E-state index contributed by atoms with van der Waals surface area (Å²) in [6, 6.07) is 1.41. The van der Waals surface area contributed by atoms with Crippen molar-refractivity contribution in [3.05, 3.63) is 14.7 Å². The van der Waals surface area contributed by atoms with Crippen LogP contribution >= 0.6 is 45.2 Å². The van der Waals surface area contributed by atoms with Crippen LogP contribution < -0.4 is 0 Å². The maximum Gasteiger partial charge on any atom is 0.296 e. The Balaban J connectivity index is 2.73. The summed E-state index contributed by atoms with van der Waals surface area (Å²) in [5, 5.41) is 7.18. The van der Waals surface area contributed by atoms with Crippen LogP contribution in [0.15, 0.2) is 11.2 Å². The molecule has 0 amide bonds. The van der Waals surface area contributed by atoms with Crippen LogP contribution in [0, 0.1) is 0 Å². The van der Waals surface area contributed by atoms with E-state index in [4.69, 9.17) is 33.9 Å². The molecule has 2 heterocycles. The number of rotatable bonds is 3. The summed E-state index contributed by atoms with van der Waals surface area (Å²) in [5.41, 5.74) is 0.532. The van der Waals surface area contributed by atoms with Crippen molar-refractivity contribution in [2.24, 2.45) is 0 Å². The smallest absolute Gasteiger partial charge is 0.294 e. The molecule has 0 unspecified atom stereocenters. The van der Waals surface area contributed by atoms with E-state index in [0.29, 0.717) is 20.1 Å². The molecule has 2 aromatic heterocycles. The van der Waals surface area contributed by atoms with E-state index in [-0.39, 0.29) is 11.2 Å². The van der Waals surface area contributed by atoms with Gasteiger partial charge in [0.2, 0.25) is 0 Å². The molecule has 0 bridgehead atoms. The number of nitrogens with zero attached hydrogens (tertiary/aromatic N) is 3. The summed E-state index contributed by atoms with van der Waals surface area (Å²) in [6.07, 6.45) is 0. The molecule has 0 fully saturated rings. The molecule has 0 aromatic carbocycles. The van der Waals surface area contributed by atoms with Crippen LogP contribution in [0.1, 0.15) is 19.9 Å². The van der Waals surface area contributed by atoms with Crippen molar-refractivity contribution >= 4 is 54.3 Å². The lowest BCUT2D eigenvalue weighted by atomic mass is 10.3. The molecule has 19 heavy (non-hydrogen) atoms. The number of halogens is 3. The van der Waals surface area contributed by atoms with Gasteiger partial charge in [0.15, 0.2) is 5.82 Å². The average molecular weight is 361 g/mol. The van der Waals surface area contributed by atoms with Crippen molar-refractivity contribution in [2.75, 3.05) is 0 Å². The molecule has 0 spiro atoms. The second kappa shape index (κ2) is 5.21. The van der Waals surface area contributed by atoms with Gasteiger partial charge in [0.25, 0.3) is 14.2 Å². The highest BCUT2D eigenvalue weighted by molar-refractivity contribution is 8.13. The Morgan fingerprint density at radius 1 is 1.32 bits per heavy atom. The Morgan fingerprint density at radius 3 is 2.37 bits per heavy atom. The van der Waals surface area contributed by atoms with Gasteiger partial charge in [0, 0.05) is 16.7 Å². The standard InChI is InChI=1S/C9H8Cl3N3O2S2/c1-4(2)15-8(5-3-6(10)18-7(5)11)13-14-9(15)19(12,16)17/h3-4H,1-2H3. The molecule has 0 aliphatic heterocycles. The van der Waals surface area contributed by atoms with Gasteiger partial charge in [-0.25, -0.2) is 8.42 Å². The van der Waals surface area contributed by atoms with Gasteiger partial charge < -0.3 is 0 Å². The molecule has 0 saturated heterocycles. The lowest BCUT2D eigenvalue weighted by Gasteiger charge is -2.11. The van der Waals surface area contributed by atoms with Crippen LogP contribution in [0.3, 0.4) is 0 Å². The van der Waals surface area contributed by atoms with Crippen molar-refractivity contribution in [1.29, 1.82) is 0 Å². The van der Waals surface area contributed by atoms with E-state index in [0.717, 1.165) is 0 Å². The minimum atomic E-state index is -3.98. The summed E-state index contributed by atoms with van der Waals surface area (Å²) < 4.78 is 25.3. The van der Waals surface area contributed by atoms with Gasteiger partial charge in [0.05, 0.1) is 9.90 Å². The first kappa shape index (κ1) is 15.1. The molecular weight excluding hydrogens is 353 g/mol. The average Bonchev–Trinajstić information content (AvgIpc) is 2.80. The molecule has 0 N–H and O–H groups in total. The van der Waals surface area contributed by atoms with Gasteiger partial charge in [-0.3, -0.25) is 4.57 Å². The lowest BCUT2D eigenvalue weighted by molar-refractivity contribution is 0.530. The number of hydrogen-bond donors (Lipinski definition) is 0. The molecule has 104 valence electrons. The molecule has 2 rings (SSSR count). The fourth-order valence-electron chi connectivity index (χ4n) is 1.59. The summed E-state index contributed by atoms with van der Waals surface area (Å²) in [7, 11) is 1.36. The van der Waals surface area contributed by atoms with E-state index < -0.39 is 9.05 Å². The molecule has 5 nitrogen and oxygen atoms in total. The second-order valence-electron chi connectivity index (χ2n) is 3.95. The largest absolute Gasteiger partial charge is 0.296 e. The van der Waals surface area contributed by atoms with E-state index in [2.05, 4.69) is 10.2 Å². The van der Waals surface area contributed by atoms with E-state index in [1.54, 1.807) is 19.9 Å². The normalized spacial score (nSPS) is 12.3. The minimum Gasteiger partial charge on any atom is -0.294 e. The van der Waals surface area contributed by atoms with Gasteiger partial charge in [-0.15, -0.1) is 21.5 Å². The van der Waals surface area contributed by atoms with Gasteiger partial charge >= 0.3 is 0 Å². The van der Waals surface area contributed by atoms with Crippen LogP contribution in [0.2, 0.25) is 8.67 Å². The van der Waals surface area contributed by atoms with Gasteiger partial charge in [0.1, 0.15) is 4.34 Å². The van der Waals surface area contributed by atoms with E-state index >= 15 is 0 Å². The van der Waals surface area contributed by atoms with Crippen LogP contribution in [-0.4, -0.2) is 23.2 Å². The van der Waals surface area contributed by atoms with E-state index in [1.165, 1.54) is 15.9 Å². The highest BCUT2D eigenvalue weighted by Crippen LogP contribution is 2.38. The molecule has 0 aliphatic rings. The molecular formula is C9H8Cl3N3O2S2. The first-order valence-electron chi connectivity index (χ1n) is 5.06. The Morgan fingerprint density at radius 2 is 1.95 bits per heavy atom. The van der Waals surface area contributed by atoms with Gasteiger partial charge in [-0.2, -0.15) is 0 Å². The highest BCUT2D eigenvalue weighted by Gasteiger charge is 2.26. The summed E-state index contributed by atoms with van der Waals surface area (Å²) in [5.74, 6) is 0.322. The highest BCUT2D eigenvalue weighted by atomic mass is 35.7. The monoisotopic (exact) mass is 359 g/mol. The molecule has 0 aliphatic carbocycles. The first-order valence-corrected chi connectivity index (χ1v) is 8.94. The first-order chi connectivity index (χ1) is 8.71. The van der Waals surface area contributed by atoms with Crippen molar-refractivity contribution in [1.82, 2.24) is 14.8 Å². The molecule has 2 aromatic rings. The van der Waals surface area contributed by atoms with Gasteiger partial charge in [-0.05, 0) is 19.9 Å². The fraction of sp³-hybridized carbons (Fsp3) is 0.333. The third-order valence-electron chi connectivity index (χ3n) is 2.30. The SMILES string of the molecule is CC(C)n1c(-c2cc(Cl)sc2Cl)nnc1S(=O)(=O)Cl. The summed E-state index contributed by atoms with van der Waals surface area (Å²) >= 11 is 13.1. The lowest BCUT2D eigenvalue weighted by Crippen LogP contribution is -2.10. The van der Waals surface area contributed by atoms with E-state index in [9.17, 15) is 8.42 Å². The van der Waals surface area contributed by atoms with E-state index in [1.807, 2.05) is 0 Å². The Hall–Kier alpha value is -0.340. The zero-order valence-electron chi connectivity index (χ0n) is 9.76. The van der Waals surface area contributed by atoms with Crippen molar-refractivity contribution in [3.63, 3.8) is 0 Å². The Kier molecular flexibility index (Phi) is 4.13. The Bertz CT molecular complexity index is 721. The van der Waals surface area contributed by atoms with Crippen LogP contribution in [0.4, 0.5) is 0 Å². The number of thiophene rings is 1. The molecule has 0 saturated carbocycles. The maximum atomic E-state index is 11.5. The quantitative estimate of drug-likeness (QED) is 0.780. The molecule has 0 radical (unpaired) electrons.